The lowest BCUT2D eigenvalue weighted by atomic mass is 10.1. The first-order chi connectivity index (χ1) is 6.70. The van der Waals surface area contributed by atoms with Gasteiger partial charge in [-0.25, -0.2) is 0 Å². The van der Waals surface area contributed by atoms with Crippen LogP contribution in [0.2, 0.25) is 0 Å². The molecule has 0 amide bonds. The van der Waals surface area contributed by atoms with Crippen LogP contribution in [0.25, 0.3) is 0 Å². The molecule has 0 spiro atoms. The van der Waals surface area contributed by atoms with E-state index in [1.165, 1.54) is 0 Å². The third-order valence-corrected chi connectivity index (χ3v) is 2.25. The Hall–Kier alpha value is -0.120. The number of aliphatic hydroxyl groups excluding tert-OH is 1. The molecule has 0 aromatic heterocycles. The van der Waals surface area contributed by atoms with Crippen LogP contribution in [0.1, 0.15) is 27.2 Å². The quantitative estimate of drug-likeness (QED) is 0.574. The van der Waals surface area contributed by atoms with Gasteiger partial charge in [-0.1, -0.05) is 20.8 Å². The van der Waals surface area contributed by atoms with E-state index < -0.39 is 0 Å². The second-order valence-electron chi connectivity index (χ2n) is 3.95. The molecule has 3 nitrogen and oxygen atoms in total. The van der Waals surface area contributed by atoms with Gasteiger partial charge in [0.25, 0.3) is 0 Å². The molecule has 0 heterocycles. The zero-order chi connectivity index (χ0) is 10.8. The van der Waals surface area contributed by atoms with Gasteiger partial charge in [0, 0.05) is 19.7 Å². The van der Waals surface area contributed by atoms with Crippen LogP contribution in [-0.2, 0) is 4.74 Å². The SMILES string of the molecule is CCN(CCO)CCOCCC(C)C. The molecule has 1 N–H and O–H groups in total. The van der Waals surface area contributed by atoms with Crippen molar-refractivity contribution >= 4 is 0 Å². The van der Waals surface area contributed by atoms with E-state index in [1.54, 1.807) is 0 Å². The molecule has 0 rings (SSSR count). The van der Waals surface area contributed by atoms with Gasteiger partial charge in [-0.05, 0) is 18.9 Å². The third-order valence-electron chi connectivity index (χ3n) is 2.25. The molecular formula is C11H25NO2. The molecule has 14 heavy (non-hydrogen) atoms. The molecule has 0 unspecified atom stereocenters. The summed E-state index contributed by atoms with van der Waals surface area (Å²) in [6.07, 6.45) is 1.13. The van der Waals surface area contributed by atoms with Gasteiger partial charge in [-0.3, -0.25) is 4.90 Å². The van der Waals surface area contributed by atoms with Crippen LogP contribution in [0.5, 0.6) is 0 Å². The van der Waals surface area contributed by atoms with E-state index in [-0.39, 0.29) is 6.61 Å². The largest absolute Gasteiger partial charge is 0.395 e. The maximum absolute atomic E-state index is 8.76. The maximum Gasteiger partial charge on any atom is 0.0593 e. The van der Waals surface area contributed by atoms with Gasteiger partial charge in [0.2, 0.25) is 0 Å². The molecule has 0 saturated carbocycles. The lowest BCUT2D eigenvalue weighted by Gasteiger charge is -2.18. The van der Waals surface area contributed by atoms with Gasteiger partial charge in [0.1, 0.15) is 0 Å². The highest BCUT2D eigenvalue weighted by Gasteiger charge is 2.00. The van der Waals surface area contributed by atoms with Crippen LogP contribution in [-0.4, -0.2) is 49.5 Å². The number of hydrogen-bond donors (Lipinski definition) is 1. The predicted octanol–water partition coefficient (Wildman–Crippen LogP) is 1.36. The molecule has 0 fully saturated rings. The highest BCUT2D eigenvalue weighted by atomic mass is 16.5. The van der Waals surface area contributed by atoms with Crippen LogP contribution in [0, 0.1) is 5.92 Å². The minimum absolute atomic E-state index is 0.236. The zero-order valence-corrected chi connectivity index (χ0v) is 9.83. The van der Waals surface area contributed by atoms with Gasteiger partial charge in [-0.2, -0.15) is 0 Å². The molecule has 0 bridgehead atoms. The summed E-state index contributed by atoms with van der Waals surface area (Å²) in [4.78, 5) is 2.19. The lowest BCUT2D eigenvalue weighted by Crippen LogP contribution is -2.30. The zero-order valence-electron chi connectivity index (χ0n) is 9.83. The Labute approximate surface area is 88.1 Å². The van der Waals surface area contributed by atoms with Crippen LogP contribution >= 0.6 is 0 Å². The van der Waals surface area contributed by atoms with Crippen molar-refractivity contribution in [1.29, 1.82) is 0 Å². The third kappa shape index (κ3) is 8.48. The summed E-state index contributed by atoms with van der Waals surface area (Å²) in [5.41, 5.74) is 0. The molecule has 86 valence electrons. The summed E-state index contributed by atoms with van der Waals surface area (Å²) in [5, 5.41) is 8.76. The van der Waals surface area contributed by atoms with Crippen LogP contribution in [0.15, 0.2) is 0 Å². The van der Waals surface area contributed by atoms with Crippen molar-refractivity contribution in [3.05, 3.63) is 0 Å². The molecule has 0 atom stereocenters. The van der Waals surface area contributed by atoms with Crippen LogP contribution in [0.3, 0.4) is 0 Å². The van der Waals surface area contributed by atoms with E-state index >= 15 is 0 Å². The standard InChI is InChI=1S/C11H25NO2/c1-4-12(6-8-13)7-10-14-9-5-11(2)3/h11,13H,4-10H2,1-3H3. The molecule has 0 aliphatic rings. The van der Waals surface area contributed by atoms with Gasteiger partial charge < -0.3 is 9.84 Å². The Morgan fingerprint density at radius 2 is 1.93 bits per heavy atom. The minimum atomic E-state index is 0.236. The summed E-state index contributed by atoms with van der Waals surface area (Å²) in [6.45, 7) is 11.0. The first-order valence-electron chi connectivity index (χ1n) is 5.61. The number of hydrogen-bond acceptors (Lipinski definition) is 3. The van der Waals surface area contributed by atoms with E-state index in [4.69, 9.17) is 9.84 Å². The summed E-state index contributed by atoms with van der Waals surface area (Å²) in [5.74, 6) is 0.717. The smallest absolute Gasteiger partial charge is 0.0593 e. The van der Waals surface area contributed by atoms with Crippen molar-refractivity contribution in [1.82, 2.24) is 4.90 Å². The van der Waals surface area contributed by atoms with Gasteiger partial charge in [0.15, 0.2) is 0 Å². The van der Waals surface area contributed by atoms with Gasteiger partial charge in [0.05, 0.1) is 13.2 Å². The summed E-state index contributed by atoms with van der Waals surface area (Å²) in [6, 6.07) is 0. The molecule has 0 aromatic carbocycles. The normalized spacial score (nSPS) is 11.6. The Kier molecular flexibility index (Phi) is 9.35. The van der Waals surface area contributed by atoms with Crippen molar-refractivity contribution in [3.63, 3.8) is 0 Å². The molecule has 3 heteroatoms. The van der Waals surface area contributed by atoms with Crippen molar-refractivity contribution < 1.29 is 9.84 Å². The van der Waals surface area contributed by atoms with Crippen molar-refractivity contribution in [2.75, 3.05) is 39.5 Å². The Balaban J connectivity index is 3.24. The fourth-order valence-electron chi connectivity index (χ4n) is 1.18. The average Bonchev–Trinajstić information content (AvgIpc) is 2.15. The predicted molar refractivity (Wildman–Crippen MR) is 59.5 cm³/mol. The number of likely N-dealkylation sites (N-methyl/N-ethyl adjacent to an activating group) is 1. The monoisotopic (exact) mass is 203 g/mol. The molecule has 0 aliphatic heterocycles. The van der Waals surface area contributed by atoms with Crippen molar-refractivity contribution in [2.45, 2.75) is 27.2 Å². The minimum Gasteiger partial charge on any atom is -0.395 e. The molecule has 0 saturated heterocycles. The van der Waals surface area contributed by atoms with E-state index in [0.717, 1.165) is 45.2 Å². The van der Waals surface area contributed by atoms with Gasteiger partial charge >= 0.3 is 0 Å². The Morgan fingerprint density at radius 1 is 1.21 bits per heavy atom. The second kappa shape index (κ2) is 9.44. The van der Waals surface area contributed by atoms with E-state index in [9.17, 15) is 0 Å². The van der Waals surface area contributed by atoms with Crippen LogP contribution in [0.4, 0.5) is 0 Å². The second-order valence-corrected chi connectivity index (χ2v) is 3.95. The fraction of sp³-hybridized carbons (Fsp3) is 1.00. The summed E-state index contributed by atoms with van der Waals surface area (Å²) >= 11 is 0. The highest BCUT2D eigenvalue weighted by molar-refractivity contribution is 4.53. The first kappa shape index (κ1) is 13.9. The van der Waals surface area contributed by atoms with Crippen LogP contribution < -0.4 is 0 Å². The molecular weight excluding hydrogens is 178 g/mol. The van der Waals surface area contributed by atoms with Gasteiger partial charge in [-0.15, -0.1) is 0 Å². The molecule has 0 aliphatic carbocycles. The Morgan fingerprint density at radius 3 is 2.43 bits per heavy atom. The summed E-state index contributed by atoms with van der Waals surface area (Å²) < 4.78 is 5.50. The van der Waals surface area contributed by atoms with Crippen molar-refractivity contribution in [2.24, 2.45) is 5.92 Å². The number of ether oxygens (including phenoxy) is 1. The average molecular weight is 203 g/mol. The molecule has 0 aromatic rings. The first-order valence-corrected chi connectivity index (χ1v) is 5.61. The van der Waals surface area contributed by atoms with E-state index in [1.807, 2.05) is 0 Å². The molecule has 0 radical (unpaired) electrons. The van der Waals surface area contributed by atoms with E-state index in [2.05, 4.69) is 25.7 Å². The number of nitrogens with zero attached hydrogens (tertiary/aromatic N) is 1. The Bertz CT molecular complexity index is 118. The number of aliphatic hydroxyl groups is 1. The number of rotatable bonds is 9. The van der Waals surface area contributed by atoms with Crippen molar-refractivity contribution in [3.8, 4) is 0 Å². The maximum atomic E-state index is 8.76. The summed E-state index contributed by atoms with van der Waals surface area (Å²) in [7, 11) is 0. The highest BCUT2D eigenvalue weighted by Crippen LogP contribution is 1.98. The topological polar surface area (TPSA) is 32.7 Å². The fourth-order valence-corrected chi connectivity index (χ4v) is 1.18. The lowest BCUT2D eigenvalue weighted by molar-refractivity contribution is 0.0911. The van der Waals surface area contributed by atoms with E-state index in [0.29, 0.717) is 0 Å².